The van der Waals surface area contributed by atoms with E-state index < -0.39 is 4.92 Å². The fourth-order valence-electron chi connectivity index (χ4n) is 1.52. The summed E-state index contributed by atoms with van der Waals surface area (Å²) in [5.74, 6) is 0.810. The van der Waals surface area contributed by atoms with Crippen LogP contribution in [-0.2, 0) is 6.54 Å². The zero-order valence-electron chi connectivity index (χ0n) is 9.64. The lowest BCUT2D eigenvalue weighted by Gasteiger charge is -2.07. The van der Waals surface area contributed by atoms with Gasteiger partial charge in [-0.25, -0.2) is 0 Å². The van der Waals surface area contributed by atoms with Gasteiger partial charge in [-0.1, -0.05) is 11.6 Å². The minimum Gasteiger partial charge on any atom is -0.467 e. The second-order valence-corrected chi connectivity index (χ2v) is 4.21. The van der Waals surface area contributed by atoms with Crippen molar-refractivity contribution in [3.05, 3.63) is 57.0 Å². The summed E-state index contributed by atoms with van der Waals surface area (Å²) in [6, 6.07) is 6.18. The van der Waals surface area contributed by atoms with Crippen LogP contribution < -0.4 is 5.32 Å². The third-order valence-electron chi connectivity index (χ3n) is 2.57. The largest absolute Gasteiger partial charge is 0.467 e. The number of hydrogen-bond donors (Lipinski definition) is 1. The van der Waals surface area contributed by atoms with Crippen molar-refractivity contribution in [3.8, 4) is 0 Å². The molecular weight excluding hydrogens is 256 g/mol. The number of anilines is 1. The summed E-state index contributed by atoms with van der Waals surface area (Å²) >= 11 is 5.96. The molecule has 0 aliphatic heterocycles. The van der Waals surface area contributed by atoms with Gasteiger partial charge in [0.15, 0.2) is 0 Å². The number of furan rings is 1. The monoisotopic (exact) mass is 266 g/mol. The first-order chi connectivity index (χ1) is 8.58. The quantitative estimate of drug-likeness (QED) is 0.676. The lowest BCUT2D eigenvalue weighted by Crippen LogP contribution is -2.00. The maximum Gasteiger partial charge on any atom is 0.271 e. The van der Waals surface area contributed by atoms with E-state index >= 15 is 0 Å². The Balaban J connectivity index is 2.11. The fraction of sp³-hybridized carbons (Fsp3) is 0.167. The van der Waals surface area contributed by atoms with Crippen molar-refractivity contribution in [1.82, 2.24) is 0 Å². The van der Waals surface area contributed by atoms with Crippen LogP contribution in [0.15, 0.2) is 34.9 Å². The van der Waals surface area contributed by atoms with Crippen molar-refractivity contribution >= 4 is 23.0 Å². The average Bonchev–Trinajstić information content (AvgIpc) is 2.73. The van der Waals surface area contributed by atoms with Crippen LogP contribution in [0.3, 0.4) is 0 Å². The highest BCUT2D eigenvalue weighted by Gasteiger charge is 2.10. The Morgan fingerprint density at radius 1 is 1.44 bits per heavy atom. The molecule has 1 N–H and O–H groups in total. The van der Waals surface area contributed by atoms with Gasteiger partial charge in [0.2, 0.25) is 0 Å². The van der Waals surface area contributed by atoms with Crippen molar-refractivity contribution < 1.29 is 9.34 Å². The number of nitro groups is 1. The highest BCUT2D eigenvalue weighted by molar-refractivity contribution is 6.33. The van der Waals surface area contributed by atoms with E-state index in [1.165, 1.54) is 12.1 Å². The van der Waals surface area contributed by atoms with E-state index in [1.807, 2.05) is 13.0 Å². The van der Waals surface area contributed by atoms with Gasteiger partial charge in [0.25, 0.3) is 5.69 Å². The molecule has 1 heterocycles. The zero-order chi connectivity index (χ0) is 13.1. The Labute approximate surface area is 109 Å². The molecule has 0 aliphatic rings. The van der Waals surface area contributed by atoms with Gasteiger partial charge in [0.1, 0.15) is 5.76 Å². The first kappa shape index (κ1) is 12.4. The van der Waals surface area contributed by atoms with Crippen molar-refractivity contribution in [3.63, 3.8) is 0 Å². The molecule has 0 fully saturated rings. The van der Waals surface area contributed by atoms with Gasteiger partial charge in [-0.05, 0) is 24.6 Å². The number of halogens is 1. The van der Waals surface area contributed by atoms with Crippen LogP contribution >= 0.6 is 11.6 Å². The molecule has 0 amide bonds. The van der Waals surface area contributed by atoms with Crippen LogP contribution in [0.2, 0.25) is 5.02 Å². The van der Waals surface area contributed by atoms with Crippen LogP contribution in [0.1, 0.15) is 11.3 Å². The average molecular weight is 267 g/mol. The number of nitrogens with zero attached hydrogens (tertiary/aromatic N) is 1. The topological polar surface area (TPSA) is 68.3 Å². The van der Waals surface area contributed by atoms with Crippen LogP contribution in [0.25, 0.3) is 0 Å². The summed E-state index contributed by atoms with van der Waals surface area (Å²) in [5.41, 5.74) is 1.65. The van der Waals surface area contributed by atoms with E-state index in [9.17, 15) is 10.1 Å². The Hall–Kier alpha value is -2.01. The summed E-state index contributed by atoms with van der Waals surface area (Å²) in [5, 5.41) is 14.0. The number of aryl methyl sites for hydroxylation is 1. The molecular formula is C12H11ClN2O3. The molecule has 0 atom stereocenters. The molecule has 0 aliphatic carbocycles. The van der Waals surface area contributed by atoms with Gasteiger partial charge in [0.05, 0.1) is 28.4 Å². The van der Waals surface area contributed by atoms with E-state index in [1.54, 1.807) is 12.3 Å². The van der Waals surface area contributed by atoms with Gasteiger partial charge in [0, 0.05) is 12.1 Å². The second-order valence-electron chi connectivity index (χ2n) is 3.80. The number of non-ortho nitro benzene ring substituents is 1. The summed E-state index contributed by atoms with van der Waals surface area (Å²) < 4.78 is 5.27. The molecule has 5 nitrogen and oxygen atoms in total. The minimum atomic E-state index is -0.480. The summed E-state index contributed by atoms with van der Waals surface area (Å²) in [6.45, 7) is 2.42. The lowest BCUT2D eigenvalue weighted by atomic mass is 10.2. The third-order valence-corrected chi connectivity index (χ3v) is 2.88. The van der Waals surface area contributed by atoms with Gasteiger partial charge < -0.3 is 9.73 Å². The van der Waals surface area contributed by atoms with Gasteiger partial charge in [-0.2, -0.15) is 0 Å². The number of nitrogens with one attached hydrogen (secondary N) is 1. The highest BCUT2D eigenvalue weighted by Crippen LogP contribution is 2.27. The number of benzene rings is 1. The first-order valence-electron chi connectivity index (χ1n) is 5.28. The van der Waals surface area contributed by atoms with E-state index in [-0.39, 0.29) is 5.69 Å². The Bertz CT molecular complexity index is 580. The Kier molecular flexibility index (Phi) is 3.53. The molecule has 0 saturated heterocycles. The normalized spacial score (nSPS) is 10.3. The van der Waals surface area contributed by atoms with Crippen molar-refractivity contribution in [2.75, 3.05) is 5.32 Å². The van der Waals surface area contributed by atoms with E-state index in [0.717, 1.165) is 11.3 Å². The number of nitro benzene ring substituents is 1. The maximum absolute atomic E-state index is 10.6. The molecule has 0 radical (unpaired) electrons. The maximum atomic E-state index is 10.6. The highest BCUT2D eigenvalue weighted by atomic mass is 35.5. The molecule has 94 valence electrons. The molecule has 2 aromatic rings. The summed E-state index contributed by atoms with van der Waals surface area (Å²) in [7, 11) is 0. The number of rotatable bonds is 4. The molecule has 1 aromatic carbocycles. The Morgan fingerprint density at radius 3 is 2.78 bits per heavy atom. The molecule has 0 spiro atoms. The smallest absolute Gasteiger partial charge is 0.271 e. The first-order valence-corrected chi connectivity index (χ1v) is 5.66. The van der Waals surface area contributed by atoms with Crippen LogP contribution in [0.4, 0.5) is 11.4 Å². The lowest BCUT2D eigenvalue weighted by molar-refractivity contribution is -0.384. The van der Waals surface area contributed by atoms with Crippen LogP contribution in [-0.4, -0.2) is 4.92 Å². The molecule has 18 heavy (non-hydrogen) atoms. The van der Waals surface area contributed by atoms with Gasteiger partial charge >= 0.3 is 0 Å². The molecule has 2 rings (SSSR count). The van der Waals surface area contributed by atoms with Crippen molar-refractivity contribution in [2.24, 2.45) is 0 Å². The fourth-order valence-corrected chi connectivity index (χ4v) is 1.76. The van der Waals surface area contributed by atoms with E-state index in [2.05, 4.69) is 5.32 Å². The SMILES string of the molecule is Cc1ccoc1CNc1ccc([N+](=O)[O-])cc1Cl. The van der Waals surface area contributed by atoms with Gasteiger partial charge in [-0.3, -0.25) is 10.1 Å². The van der Waals surface area contributed by atoms with Gasteiger partial charge in [-0.15, -0.1) is 0 Å². The van der Waals surface area contributed by atoms with E-state index in [4.69, 9.17) is 16.0 Å². The van der Waals surface area contributed by atoms with Crippen molar-refractivity contribution in [1.29, 1.82) is 0 Å². The molecule has 0 saturated carbocycles. The summed E-state index contributed by atoms with van der Waals surface area (Å²) in [6.07, 6.45) is 1.61. The summed E-state index contributed by atoms with van der Waals surface area (Å²) in [4.78, 5) is 10.1. The van der Waals surface area contributed by atoms with Crippen LogP contribution in [0.5, 0.6) is 0 Å². The minimum absolute atomic E-state index is 0.0280. The zero-order valence-corrected chi connectivity index (χ0v) is 10.4. The third kappa shape index (κ3) is 2.62. The molecule has 1 aromatic heterocycles. The second kappa shape index (κ2) is 5.10. The van der Waals surface area contributed by atoms with E-state index in [0.29, 0.717) is 17.3 Å². The van der Waals surface area contributed by atoms with Crippen LogP contribution in [0, 0.1) is 17.0 Å². The van der Waals surface area contributed by atoms with Crippen molar-refractivity contribution in [2.45, 2.75) is 13.5 Å². The number of hydrogen-bond acceptors (Lipinski definition) is 4. The predicted molar refractivity (Wildman–Crippen MR) is 68.9 cm³/mol. The standard InChI is InChI=1S/C12H11ClN2O3/c1-8-4-5-18-12(8)7-14-11-3-2-9(15(16)17)6-10(11)13/h2-6,14H,7H2,1H3. The molecule has 0 unspecified atom stereocenters. The molecule has 6 heteroatoms. The predicted octanol–water partition coefficient (Wildman–Crippen LogP) is 3.76. The Morgan fingerprint density at radius 2 is 2.22 bits per heavy atom. The molecule has 0 bridgehead atoms.